The summed E-state index contributed by atoms with van der Waals surface area (Å²) in [5.41, 5.74) is 13.0. The van der Waals surface area contributed by atoms with Gasteiger partial charge >= 0.3 is 12.1 Å². The molecule has 3 aliphatic heterocycles. The summed E-state index contributed by atoms with van der Waals surface area (Å²) < 4.78 is 18.7. The standard InChI is InChI=1S/C36H50N8O9/c1-43-15-12-36-22-9-11-26(32(36)53-31-25(51-2)10-8-20(30(31)36)16-24(22)43)52-35(50)44-14-4-3-6-21(44)18-41-33(49)23(7-5-13-39-34(37)38)42-28(46)19-40-27(45)17-29(47)48/h8,10-11,21-24,32H,3-7,9,12-19H2,1-2H3,(H,40,45)(H,41,49)(H,42,46)(H,47,48)(H4,37,38,39). The molecular formula is C36H50N8O9. The third-order valence-electron chi connectivity index (χ3n) is 11.4. The van der Waals surface area contributed by atoms with E-state index in [4.69, 9.17) is 30.8 Å². The fourth-order valence-corrected chi connectivity index (χ4v) is 8.91. The lowest BCUT2D eigenvalue weighted by Gasteiger charge is -2.56. The highest BCUT2D eigenvalue weighted by Gasteiger charge is 2.65. The Kier molecular flexibility index (Phi) is 11.3. The number of aliphatic imine (C=N–C) groups is 1. The lowest BCUT2D eigenvalue weighted by atomic mass is 9.53. The molecule has 4 amide bonds. The summed E-state index contributed by atoms with van der Waals surface area (Å²) in [6.45, 7) is 1.19. The van der Waals surface area contributed by atoms with E-state index in [-0.39, 0.29) is 36.9 Å². The zero-order chi connectivity index (χ0) is 37.9. The van der Waals surface area contributed by atoms with Crippen LogP contribution in [-0.2, 0) is 35.8 Å². The van der Waals surface area contributed by atoms with Gasteiger partial charge in [-0.05, 0) is 88.6 Å². The number of likely N-dealkylation sites (N-methyl/N-ethyl adjacent to an activating group) is 1. The quantitative estimate of drug-likeness (QED) is 0.0645. The number of benzene rings is 1. The third-order valence-corrected chi connectivity index (χ3v) is 11.4. The van der Waals surface area contributed by atoms with Crippen LogP contribution in [0.15, 0.2) is 29.0 Å². The van der Waals surface area contributed by atoms with Crippen molar-refractivity contribution in [3.63, 3.8) is 0 Å². The van der Waals surface area contributed by atoms with Gasteiger partial charge in [0.05, 0.1) is 19.7 Å². The monoisotopic (exact) mass is 738 g/mol. The SMILES string of the molecule is COc1ccc2c3c1OC1C(OC(=O)N4CCCCC4CNC(=O)C(CCCN=C(N)N)NC(=O)CNC(=O)CC(=O)O)=CCC4C(C2)N(C)CCC314. The van der Waals surface area contributed by atoms with E-state index in [1.54, 1.807) is 12.0 Å². The molecule has 2 aliphatic carbocycles. The molecule has 0 radical (unpaired) electrons. The number of nitrogens with two attached hydrogens (primary N) is 2. The summed E-state index contributed by atoms with van der Waals surface area (Å²) in [5, 5.41) is 16.5. The van der Waals surface area contributed by atoms with Gasteiger partial charge in [-0.1, -0.05) is 6.07 Å². The number of methoxy groups -OCH3 is 1. The van der Waals surface area contributed by atoms with Gasteiger partial charge in [0.1, 0.15) is 18.2 Å². The molecule has 1 aromatic rings. The number of nitrogens with zero attached hydrogens (tertiary/aromatic N) is 3. The molecule has 17 nitrogen and oxygen atoms in total. The molecule has 288 valence electrons. The molecule has 6 rings (SSSR count). The van der Waals surface area contributed by atoms with Gasteiger partial charge in [0.15, 0.2) is 23.6 Å². The molecule has 6 atom stereocenters. The van der Waals surface area contributed by atoms with Crippen molar-refractivity contribution in [3.8, 4) is 11.5 Å². The normalized spacial score (nSPS) is 25.8. The Labute approximate surface area is 307 Å². The van der Waals surface area contributed by atoms with E-state index in [2.05, 4.69) is 39.0 Å². The highest BCUT2D eigenvalue weighted by atomic mass is 16.6. The summed E-state index contributed by atoms with van der Waals surface area (Å²) in [6, 6.07) is 3.08. The Morgan fingerprint density at radius 1 is 1.13 bits per heavy atom. The number of hydrogen-bond donors (Lipinski definition) is 6. The van der Waals surface area contributed by atoms with Crippen molar-refractivity contribution in [2.45, 2.75) is 87.4 Å². The van der Waals surface area contributed by atoms with Crippen molar-refractivity contribution < 1.29 is 43.3 Å². The van der Waals surface area contributed by atoms with Crippen molar-refractivity contribution in [1.29, 1.82) is 0 Å². The second kappa shape index (κ2) is 15.9. The molecule has 0 aromatic heterocycles. The van der Waals surface area contributed by atoms with Crippen LogP contribution in [0.25, 0.3) is 0 Å². The highest BCUT2D eigenvalue weighted by Crippen LogP contribution is 2.63. The zero-order valence-corrected chi connectivity index (χ0v) is 30.2. The number of ether oxygens (including phenoxy) is 3. The maximum absolute atomic E-state index is 14.0. The Morgan fingerprint density at radius 2 is 1.94 bits per heavy atom. The zero-order valence-electron chi connectivity index (χ0n) is 30.2. The number of carboxylic acids is 1. The predicted octanol–water partition coefficient (Wildman–Crippen LogP) is 0.0946. The Bertz CT molecular complexity index is 1680. The maximum atomic E-state index is 14.0. The number of guanidine groups is 1. The van der Waals surface area contributed by atoms with Crippen LogP contribution >= 0.6 is 0 Å². The highest BCUT2D eigenvalue weighted by molar-refractivity contribution is 5.95. The number of aliphatic carboxylic acids is 1. The van der Waals surface area contributed by atoms with Crippen LogP contribution in [0.5, 0.6) is 11.5 Å². The topological polar surface area (TPSA) is 240 Å². The first kappa shape index (κ1) is 37.7. The lowest BCUT2D eigenvalue weighted by molar-refractivity contribution is -0.141. The first-order chi connectivity index (χ1) is 25.4. The molecule has 0 saturated carbocycles. The van der Waals surface area contributed by atoms with Crippen LogP contribution < -0.4 is 36.9 Å². The van der Waals surface area contributed by atoms with E-state index < -0.39 is 54.9 Å². The van der Waals surface area contributed by atoms with Gasteiger partial charge in [-0.25, -0.2) is 4.79 Å². The molecule has 2 saturated heterocycles. The largest absolute Gasteiger partial charge is 0.493 e. The van der Waals surface area contributed by atoms with Crippen LogP contribution in [0.3, 0.4) is 0 Å². The lowest BCUT2D eigenvalue weighted by Crippen LogP contribution is -2.63. The van der Waals surface area contributed by atoms with Crippen LogP contribution in [0.1, 0.15) is 62.5 Å². The molecule has 3 heterocycles. The first-order valence-corrected chi connectivity index (χ1v) is 18.3. The van der Waals surface area contributed by atoms with Gasteiger partial charge < -0.3 is 56.5 Å². The van der Waals surface area contributed by atoms with Crippen LogP contribution in [-0.4, -0.2) is 122 Å². The number of carbonyl (C=O) groups excluding carboxylic acids is 4. The smallest absolute Gasteiger partial charge is 0.415 e. The molecule has 5 aliphatic rings. The number of rotatable bonds is 14. The van der Waals surface area contributed by atoms with Gasteiger partial charge in [-0.2, -0.15) is 0 Å². The van der Waals surface area contributed by atoms with Crippen molar-refractivity contribution in [2.24, 2.45) is 22.4 Å². The molecule has 1 aromatic carbocycles. The molecular weight excluding hydrogens is 688 g/mol. The van der Waals surface area contributed by atoms with E-state index >= 15 is 0 Å². The predicted molar refractivity (Wildman–Crippen MR) is 191 cm³/mol. The van der Waals surface area contributed by atoms with Crippen molar-refractivity contribution in [2.75, 3.05) is 46.9 Å². The van der Waals surface area contributed by atoms with Crippen LogP contribution in [0.2, 0.25) is 0 Å². The summed E-state index contributed by atoms with van der Waals surface area (Å²) in [4.78, 5) is 70.6. The molecule has 2 bridgehead atoms. The number of likely N-dealkylation sites (tertiary alicyclic amines) is 2. The van der Waals surface area contributed by atoms with Gasteiger partial charge in [-0.3, -0.25) is 24.2 Å². The number of carboxylic acid groups (broad SMARTS) is 1. The van der Waals surface area contributed by atoms with E-state index in [1.807, 2.05) is 12.1 Å². The Hall–Kier alpha value is -5.06. The van der Waals surface area contributed by atoms with Gasteiger partial charge in [0.2, 0.25) is 17.7 Å². The fraction of sp³-hybridized carbons (Fsp3) is 0.611. The number of allylic oxidation sites excluding steroid dienone is 1. The van der Waals surface area contributed by atoms with Crippen LogP contribution in [0.4, 0.5) is 4.79 Å². The minimum atomic E-state index is -1.33. The molecule has 6 unspecified atom stereocenters. The van der Waals surface area contributed by atoms with Gasteiger partial charge in [0.25, 0.3) is 0 Å². The van der Waals surface area contributed by atoms with E-state index in [0.29, 0.717) is 42.9 Å². The number of piperidine rings is 2. The summed E-state index contributed by atoms with van der Waals surface area (Å²) in [6.07, 6.45) is 5.62. The Morgan fingerprint density at radius 3 is 2.70 bits per heavy atom. The fourth-order valence-electron chi connectivity index (χ4n) is 8.91. The van der Waals surface area contributed by atoms with Gasteiger partial charge in [0, 0.05) is 36.7 Å². The molecule has 1 spiro atoms. The third kappa shape index (κ3) is 7.70. The second-order valence-electron chi connectivity index (χ2n) is 14.5. The number of nitrogens with one attached hydrogen (secondary N) is 3. The van der Waals surface area contributed by atoms with Crippen molar-refractivity contribution in [3.05, 3.63) is 35.1 Å². The van der Waals surface area contributed by atoms with Crippen molar-refractivity contribution in [1.82, 2.24) is 25.8 Å². The molecule has 2 fully saturated rings. The van der Waals surface area contributed by atoms with Crippen LogP contribution in [0, 0.1) is 5.92 Å². The molecule has 17 heteroatoms. The second-order valence-corrected chi connectivity index (χ2v) is 14.5. The molecule has 53 heavy (non-hydrogen) atoms. The average Bonchev–Trinajstić information content (AvgIpc) is 3.48. The number of carbonyl (C=O) groups is 5. The Balaban J connectivity index is 1.12. The van der Waals surface area contributed by atoms with E-state index in [1.165, 1.54) is 11.1 Å². The van der Waals surface area contributed by atoms with Crippen molar-refractivity contribution >= 4 is 35.7 Å². The minimum Gasteiger partial charge on any atom is -0.493 e. The van der Waals surface area contributed by atoms with E-state index in [9.17, 15) is 24.0 Å². The first-order valence-electron chi connectivity index (χ1n) is 18.3. The summed E-state index contributed by atoms with van der Waals surface area (Å²) >= 11 is 0. The minimum absolute atomic E-state index is 0.105. The average molecular weight is 739 g/mol. The van der Waals surface area contributed by atoms with Gasteiger partial charge in [-0.15, -0.1) is 0 Å². The number of hydrogen-bond acceptors (Lipinski definition) is 10. The van der Waals surface area contributed by atoms with E-state index in [0.717, 1.165) is 44.4 Å². The summed E-state index contributed by atoms with van der Waals surface area (Å²) in [5.74, 6) is -1.21. The molecule has 8 N–H and O–H groups in total. The maximum Gasteiger partial charge on any atom is 0.415 e. The number of amides is 4. The summed E-state index contributed by atoms with van der Waals surface area (Å²) in [7, 11) is 3.82.